The third kappa shape index (κ3) is 4.50. The first-order chi connectivity index (χ1) is 16.2. The molecule has 3 heterocycles. The van der Waals surface area contributed by atoms with E-state index >= 15 is 0 Å². The molecule has 4 aromatic rings. The average Bonchev–Trinajstić information content (AvgIpc) is 3.30. The summed E-state index contributed by atoms with van der Waals surface area (Å²) >= 11 is 0. The first kappa shape index (κ1) is 21.3. The molecule has 2 aromatic carbocycles. The average molecular weight is 444 g/mol. The maximum atomic E-state index is 12.4. The highest BCUT2D eigenvalue weighted by Crippen LogP contribution is 2.28. The molecule has 1 aliphatic rings. The molecule has 170 valence electrons. The van der Waals surface area contributed by atoms with E-state index in [1.807, 2.05) is 35.0 Å². The Hall–Kier alpha value is -3.58. The molecular weight excluding hydrogens is 414 g/mol. The number of nitrogens with zero attached hydrogens (tertiary/aromatic N) is 5. The van der Waals surface area contributed by atoms with Gasteiger partial charge in [-0.05, 0) is 42.1 Å². The van der Waals surface area contributed by atoms with Crippen molar-refractivity contribution >= 4 is 16.6 Å². The number of methoxy groups -OCH3 is 1. The number of benzene rings is 2. The van der Waals surface area contributed by atoms with Gasteiger partial charge in [0.2, 0.25) is 0 Å². The molecular formula is C26H29N5O2. The molecule has 0 atom stereocenters. The summed E-state index contributed by atoms with van der Waals surface area (Å²) < 4.78 is 9.14. The number of hydrogen-bond acceptors (Lipinski definition) is 5. The minimum atomic E-state index is -0.0591. The van der Waals surface area contributed by atoms with Gasteiger partial charge in [-0.1, -0.05) is 30.3 Å². The summed E-state index contributed by atoms with van der Waals surface area (Å²) in [6, 6.07) is 21.8. The Morgan fingerprint density at radius 3 is 2.52 bits per heavy atom. The standard InChI is InChI=1S/C26H29N5O2/c1-33-24-10-5-4-9-23(24)29-19-17-28(18-20-29)14-6-15-31-26(32)12-11-25(27-31)30-16-13-21-7-2-3-8-22(21)30/h2-5,7-13,16H,6,14-15,17-20H2,1H3. The highest BCUT2D eigenvalue weighted by molar-refractivity contribution is 5.81. The van der Waals surface area contributed by atoms with Crippen molar-refractivity contribution in [2.45, 2.75) is 13.0 Å². The van der Waals surface area contributed by atoms with E-state index in [0.29, 0.717) is 6.54 Å². The van der Waals surface area contributed by atoms with Crippen LogP contribution in [0, 0.1) is 0 Å². The second-order valence-corrected chi connectivity index (χ2v) is 8.35. The van der Waals surface area contributed by atoms with E-state index in [4.69, 9.17) is 4.74 Å². The lowest BCUT2D eigenvalue weighted by Crippen LogP contribution is -2.47. The van der Waals surface area contributed by atoms with Gasteiger partial charge in [-0.15, -0.1) is 0 Å². The van der Waals surface area contributed by atoms with Gasteiger partial charge >= 0.3 is 0 Å². The topological polar surface area (TPSA) is 55.5 Å². The Labute approximate surface area is 193 Å². The zero-order valence-electron chi connectivity index (χ0n) is 18.9. The molecule has 0 aliphatic carbocycles. The summed E-state index contributed by atoms with van der Waals surface area (Å²) in [5.41, 5.74) is 2.18. The maximum absolute atomic E-state index is 12.4. The number of fused-ring (bicyclic) bond motifs is 1. The Morgan fingerprint density at radius 1 is 0.879 bits per heavy atom. The van der Waals surface area contributed by atoms with Gasteiger partial charge in [0.15, 0.2) is 5.82 Å². The number of aryl methyl sites for hydroxylation is 1. The summed E-state index contributed by atoms with van der Waals surface area (Å²) in [6.07, 6.45) is 2.89. The van der Waals surface area contributed by atoms with E-state index in [2.05, 4.69) is 45.2 Å². The summed E-state index contributed by atoms with van der Waals surface area (Å²) in [4.78, 5) is 17.2. The normalized spacial score (nSPS) is 14.6. The minimum absolute atomic E-state index is 0.0591. The number of aromatic nitrogens is 3. The van der Waals surface area contributed by atoms with Crippen molar-refractivity contribution < 1.29 is 4.74 Å². The fourth-order valence-corrected chi connectivity index (χ4v) is 4.56. The van der Waals surface area contributed by atoms with Gasteiger partial charge in [0, 0.05) is 51.5 Å². The van der Waals surface area contributed by atoms with Crippen molar-refractivity contribution in [3.63, 3.8) is 0 Å². The lowest BCUT2D eigenvalue weighted by molar-refractivity contribution is 0.247. The molecule has 0 saturated carbocycles. The fraction of sp³-hybridized carbons (Fsp3) is 0.308. The van der Waals surface area contributed by atoms with Gasteiger partial charge in [-0.2, -0.15) is 5.10 Å². The van der Waals surface area contributed by atoms with Crippen LogP contribution in [0.3, 0.4) is 0 Å². The van der Waals surface area contributed by atoms with Crippen LogP contribution in [0.25, 0.3) is 16.7 Å². The molecule has 1 aliphatic heterocycles. The Balaban J connectivity index is 1.19. The van der Waals surface area contributed by atoms with Crippen LogP contribution in [-0.4, -0.2) is 59.1 Å². The van der Waals surface area contributed by atoms with E-state index in [1.54, 1.807) is 23.9 Å². The number of rotatable bonds is 7. The Morgan fingerprint density at radius 2 is 1.67 bits per heavy atom. The van der Waals surface area contributed by atoms with E-state index in [1.165, 1.54) is 0 Å². The third-order valence-corrected chi connectivity index (χ3v) is 6.34. The second-order valence-electron chi connectivity index (χ2n) is 8.35. The molecule has 0 N–H and O–H groups in total. The molecule has 0 amide bonds. The van der Waals surface area contributed by atoms with Crippen LogP contribution in [0.1, 0.15) is 6.42 Å². The molecule has 0 unspecified atom stereocenters. The fourth-order valence-electron chi connectivity index (χ4n) is 4.56. The van der Waals surface area contributed by atoms with Crippen LogP contribution in [0.4, 0.5) is 5.69 Å². The SMILES string of the molecule is COc1ccccc1N1CCN(CCCn2nc(-n3ccc4ccccc43)ccc2=O)CC1. The van der Waals surface area contributed by atoms with Gasteiger partial charge in [0.25, 0.3) is 5.56 Å². The number of piperazine rings is 1. The van der Waals surface area contributed by atoms with Gasteiger partial charge in [0.1, 0.15) is 5.75 Å². The smallest absolute Gasteiger partial charge is 0.266 e. The van der Waals surface area contributed by atoms with Crippen LogP contribution in [0.15, 0.2) is 77.7 Å². The molecule has 7 heteroatoms. The van der Waals surface area contributed by atoms with E-state index in [9.17, 15) is 4.79 Å². The van der Waals surface area contributed by atoms with Crippen molar-refractivity contribution in [1.82, 2.24) is 19.2 Å². The van der Waals surface area contributed by atoms with Gasteiger partial charge in [-0.25, -0.2) is 4.68 Å². The lowest BCUT2D eigenvalue weighted by Gasteiger charge is -2.36. The number of para-hydroxylation sites is 3. The van der Waals surface area contributed by atoms with E-state index < -0.39 is 0 Å². The highest BCUT2D eigenvalue weighted by Gasteiger charge is 2.19. The molecule has 5 rings (SSSR count). The molecule has 1 saturated heterocycles. The predicted octanol–water partition coefficient (Wildman–Crippen LogP) is 3.41. The molecule has 0 spiro atoms. The molecule has 0 bridgehead atoms. The van der Waals surface area contributed by atoms with Crippen LogP contribution >= 0.6 is 0 Å². The monoisotopic (exact) mass is 443 g/mol. The molecule has 7 nitrogen and oxygen atoms in total. The highest BCUT2D eigenvalue weighted by atomic mass is 16.5. The molecule has 0 radical (unpaired) electrons. The van der Waals surface area contributed by atoms with Gasteiger partial charge < -0.3 is 9.64 Å². The largest absolute Gasteiger partial charge is 0.495 e. The zero-order valence-corrected chi connectivity index (χ0v) is 18.9. The van der Waals surface area contributed by atoms with Crippen molar-refractivity contribution in [2.75, 3.05) is 44.7 Å². The van der Waals surface area contributed by atoms with Crippen molar-refractivity contribution in [1.29, 1.82) is 0 Å². The summed E-state index contributed by atoms with van der Waals surface area (Å²) in [5.74, 6) is 1.69. The van der Waals surface area contributed by atoms with Gasteiger partial charge in [-0.3, -0.25) is 14.3 Å². The second kappa shape index (κ2) is 9.50. The summed E-state index contributed by atoms with van der Waals surface area (Å²) in [6.45, 7) is 5.48. The summed E-state index contributed by atoms with van der Waals surface area (Å²) in [5, 5.41) is 5.80. The van der Waals surface area contributed by atoms with Gasteiger partial charge in [0.05, 0.1) is 18.3 Å². The van der Waals surface area contributed by atoms with Crippen molar-refractivity contribution in [2.24, 2.45) is 0 Å². The molecule has 2 aromatic heterocycles. The summed E-state index contributed by atoms with van der Waals surface area (Å²) in [7, 11) is 1.72. The number of ether oxygens (including phenoxy) is 1. The van der Waals surface area contributed by atoms with Crippen LogP contribution < -0.4 is 15.2 Å². The molecule has 33 heavy (non-hydrogen) atoms. The Bertz CT molecular complexity index is 1290. The van der Waals surface area contributed by atoms with E-state index in [-0.39, 0.29) is 5.56 Å². The quantitative estimate of drug-likeness (QED) is 0.438. The first-order valence-electron chi connectivity index (χ1n) is 11.5. The minimum Gasteiger partial charge on any atom is -0.495 e. The van der Waals surface area contributed by atoms with Crippen LogP contribution in [0.2, 0.25) is 0 Å². The Kier molecular flexibility index (Phi) is 6.13. The maximum Gasteiger partial charge on any atom is 0.266 e. The van der Waals surface area contributed by atoms with Crippen molar-refractivity contribution in [3.05, 3.63) is 83.3 Å². The van der Waals surface area contributed by atoms with Crippen LogP contribution in [0.5, 0.6) is 5.75 Å². The lowest BCUT2D eigenvalue weighted by atomic mass is 10.2. The van der Waals surface area contributed by atoms with E-state index in [0.717, 1.165) is 67.3 Å². The zero-order chi connectivity index (χ0) is 22.6. The van der Waals surface area contributed by atoms with Crippen LogP contribution in [-0.2, 0) is 6.54 Å². The predicted molar refractivity (Wildman–Crippen MR) is 132 cm³/mol. The molecule has 1 fully saturated rings. The third-order valence-electron chi connectivity index (χ3n) is 6.34. The first-order valence-corrected chi connectivity index (χ1v) is 11.5. The van der Waals surface area contributed by atoms with Crippen molar-refractivity contribution in [3.8, 4) is 11.6 Å². The number of hydrogen-bond donors (Lipinski definition) is 0. The number of anilines is 1.